The number of nitrogens with zero attached hydrogens (tertiary/aromatic N) is 7. The first-order valence-electron chi connectivity index (χ1n) is 27.3. The predicted molar refractivity (Wildman–Crippen MR) is 287 cm³/mol. The number of unbranched alkanes of at least 4 members (excludes halogenated alkanes) is 6. The van der Waals surface area contributed by atoms with Crippen molar-refractivity contribution in [3.8, 4) is 17.9 Å². The Bertz CT molecular complexity index is 2900. The number of phenols is 1. The number of alkyl halides is 7. The highest BCUT2D eigenvalue weighted by atomic mass is 32.2. The molecule has 0 amide bonds. The van der Waals surface area contributed by atoms with Gasteiger partial charge in [-0.3, -0.25) is 4.57 Å². The van der Waals surface area contributed by atoms with Crippen molar-refractivity contribution in [2.24, 2.45) is 23.2 Å². The number of nitrogen functional groups attached to an aromatic ring is 1. The van der Waals surface area contributed by atoms with E-state index in [1.54, 1.807) is 35.3 Å². The van der Waals surface area contributed by atoms with Gasteiger partial charge in [-0.2, -0.15) is 51.3 Å². The number of aromatic hydroxyl groups is 1. The zero-order valence-corrected chi connectivity index (χ0v) is 45.7. The van der Waals surface area contributed by atoms with Gasteiger partial charge in [0.1, 0.15) is 47.9 Å². The highest BCUT2D eigenvalue weighted by molar-refractivity contribution is 7.91. The number of nitriles is 2. The van der Waals surface area contributed by atoms with Gasteiger partial charge in [0.05, 0.1) is 36.0 Å². The van der Waals surface area contributed by atoms with Crippen molar-refractivity contribution >= 4 is 17.0 Å². The summed E-state index contributed by atoms with van der Waals surface area (Å²) in [4.78, 5) is 18.7. The van der Waals surface area contributed by atoms with Crippen molar-refractivity contribution < 1.29 is 60.4 Å². The number of phenolic OH excluding ortho intramolecular Hbond substituents is 1. The number of benzene rings is 3. The van der Waals surface area contributed by atoms with Gasteiger partial charge in [-0.25, -0.2) is 14.5 Å². The average Bonchev–Trinajstić information content (AvgIpc) is 4.15. The molecule has 438 valence electrons. The van der Waals surface area contributed by atoms with Gasteiger partial charge in [0.15, 0.2) is 6.10 Å². The number of aliphatic hydroxyl groups is 3. The van der Waals surface area contributed by atoms with E-state index < -0.39 is 72.8 Å². The number of hydrogen-bond acceptors (Lipinski definition) is 13. The molecule has 1 saturated heterocycles. The monoisotopic (exact) mass is 1150 g/mol. The summed E-state index contributed by atoms with van der Waals surface area (Å²) in [6.07, 6.45) is 4.43. The van der Waals surface area contributed by atoms with E-state index in [2.05, 4.69) is 40.2 Å². The minimum atomic E-state index is -5.54. The first-order chi connectivity index (χ1) is 38.5. The molecule has 2 saturated carbocycles. The molecule has 5 aromatic rings. The van der Waals surface area contributed by atoms with E-state index in [4.69, 9.17) is 26.1 Å². The lowest BCUT2D eigenvalue weighted by atomic mass is 9.52. The molecule has 1 aliphatic heterocycles. The third-order valence-electron chi connectivity index (χ3n) is 16.6. The third kappa shape index (κ3) is 15.0. The van der Waals surface area contributed by atoms with Gasteiger partial charge in [0.25, 0.3) is 0 Å². The van der Waals surface area contributed by atoms with Crippen LogP contribution >= 0.6 is 0 Å². The van der Waals surface area contributed by atoms with Gasteiger partial charge in [-0.15, -0.1) is 0 Å². The standard InChI is InChI=1S/C32H47F5O3S.C17H11N5.C9H11F2N3O4/c1-30-17-15-26-25-12-11-24(38)21-23(25)20-22(29(26)27(30)13-14-28(30)39)10-7-5-3-2-4-6-8-18-41(40)19-9-16-31(33,34)32(35,36)37;18-9-13-1-5-15(6-2-13)17(22-12-20-11-21-22)16-7-3-14(10-19)4-8-16;10-9(11)6(16)4(3-15)18-7(9)14-2-1-5(12)13-8(14)17/h11-12,21-22,26-29,38-39H,2-10,13-20H2,1H3;1-8,11-12,17H;1-2,4,6-7,15-16H,3H2,(H2,12,13,17)/t22-,26-,27+,28+,29-,30+,41?;;4-,6-,7-/m1.1/s1. The third-order valence-corrected chi connectivity index (χ3v) is 18.1. The molecule has 1 unspecified atom stereocenters. The zero-order chi connectivity index (χ0) is 58.7. The largest absolute Gasteiger partial charge is 0.616 e. The van der Waals surface area contributed by atoms with Gasteiger partial charge in [-0.05, 0) is 152 Å². The van der Waals surface area contributed by atoms with Crippen LogP contribution in [0.2, 0.25) is 0 Å². The first-order valence-corrected chi connectivity index (χ1v) is 28.8. The Morgan fingerprint density at radius 2 is 1.49 bits per heavy atom. The van der Waals surface area contributed by atoms with Gasteiger partial charge in [0.2, 0.25) is 6.23 Å². The highest BCUT2D eigenvalue weighted by Crippen LogP contribution is 2.63. The van der Waals surface area contributed by atoms with Gasteiger partial charge in [-0.1, -0.05) is 80.5 Å². The van der Waals surface area contributed by atoms with E-state index in [-0.39, 0.29) is 29.1 Å². The van der Waals surface area contributed by atoms with Gasteiger partial charge < -0.3 is 35.4 Å². The van der Waals surface area contributed by atoms with Crippen LogP contribution in [-0.4, -0.2) is 104 Å². The number of halogens is 7. The quantitative estimate of drug-likeness (QED) is 0.0294. The smallest absolute Gasteiger partial charge is 0.453 e. The molecule has 3 heterocycles. The fourth-order valence-corrected chi connectivity index (χ4v) is 13.5. The number of fused-ring (bicyclic) bond motifs is 5. The molecule has 9 rings (SSSR count). The lowest BCUT2D eigenvalue weighted by Crippen LogP contribution is -2.47. The fraction of sp³-hybridized carbons (Fsp3) is 0.552. The van der Waals surface area contributed by atoms with Crippen molar-refractivity contribution in [1.29, 1.82) is 10.5 Å². The first kappa shape index (κ1) is 62.5. The van der Waals surface area contributed by atoms with Crippen LogP contribution in [0.3, 0.4) is 0 Å². The Balaban J connectivity index is 0.000000197. The van der Waals surface area contributed by atoms with E-state index in [1.165, 1.54) is 17.5 Å². The molecule has 23 heteroatoms. The Kier molecular flexibility index (Phi) is 21.1. The van der Waals surface area contributed by atoms with E-state index in [9.17, 15) is 55.4 Å². The molecule has 0 bridgehead atoms. The molecule has 6 N–H and O–H groups in total. The maximum atomic E-state index is 13.7. The van der Waals surface area contributed by atoms with Crippen LogP contribution < -0.4 is 11.4 Å². The number of hydrogen-bond donors (Lipinski definition) is 5. The lowest BCUT2D eigenvalue weighted by molar-refractivity contribution is -0.284. The summed E-state index contributed by atoms with van der Waals surface area (Å²) in [5, 5.41) is 61.1. The van der Waals surface area contributed by atoms with Crippen molar-refractivity contribution in [3.63, 3.8) is 0 Å². The van der Waals surface area contributed by atoms with Crippen molar-refractivity contribution in [1.82, 2.24) is 24.3 Å². The number of anilines is 1. The molecule has 3 aromatic carbocycles. The van der Waals surface area contributed by atoms with Crippen LogP contribution in [0.1, 0.15) is 148 Å². The Hall–Kier alpha value is -6.08. The molecule has 4 aliphatic rings. The zero-order valence-electron chi connectivity index (χ0n) is 44.9. The molecule has 15 nitrogen and oxygen atoms in total. The SMILES string of the molecule is C[C@]12CC[C@@H]3c4ccc(O)cc4C[C@@H](CCCCCCCCC[S+]([O-])CCCC(F)(F)C(F)(F)F)[C@H]3[C@@H]1CC[C@@H]2O.N#Cc1ccc(C(c2ccc(C#N)cc2)n2cncn2)cc1.Nc1ccn([C@@H]2O[C@H](CO)[C@@H](O)C2(F)F)c(=O)n1. The molecule has 2 aromatic heterocycles. The van der Waals surface area contributed by atoms with E-state index >= 15 is 0 Å². The minimum absolute atomic E-state index is 0.0195. The van der Waals surface area contributed by atoms with Crippen LogP contribution in [0.4, 0.5) is 36.6 Å². The number of nitrogens with two attached hydrogens (primary N) is 1. The maximum absolute atomic E-state index is 13.7. The summed E-state index contributed by atoms with van der Waals surface area (Å²) in [6, 6.07) is 25.9. The summed E-state index contributed by atoms with van der Waals surface area (Å²) < 4.78 is 109. The van der Waals surface area contributed by atoms with Crippen LogP contribution in [0.5, 0.6) is 5.75 Å². The van der Waals surface area contributed by atoms with E-state index in [0.717, 1.165) is 100 Å². The highest BCUT2D eigenvalue weighted by Gasteiger charge is 2.60. The molecule has 0 radical (unpaired) electrons. The summed E-state index contributed by atoms with van der Waals surface area (Å²) >= 11 is -1.35. The fourth-order valence-electron chi connectivity index (χ4n) is 12.3. The molecular formula is C58H69F7N8O7S. The predicted octanol–water partition coefficient (Wildman–Crippen LogP) is 10.1. The van der Waals surface area contributed by atoms with Crippen LogP contribution in [0.15, 0.2) is 96.4 Å². The number of aliphatic hydroxyl groups excluding tert-OH is 3. The van der Waals surface area contributed by atoms with Crippen LogP contribution in [0, 0.1) is 45.8 Å². The van der Waals surface area contributed by atoms with Crippen molar-refractivity contribution in [2.45, 2.75) is 158 Å². The summed E-state index contributed by atoms with van der Waals surface area (Å²) in [6.45, 7) is 1.52. The van der Waals surface area contributed by atoms with Crippen molar-refractivity contribution in [3.05, 3.63) is 136 Å². The van der Waals surface area contributed by atoms with Gasteiger partial charge in [0, 0.05) is 12.6 Å². The van der Waals surface area contributed by atoms with Crippen molar-refractivity contribution in [2.75, 3.05) is 23.8 Å². The minimum Gasteiger partial charge on any atom is -0.616 e. The second-order valence-electron chi connectivity index (χ2n) is 21.8. The average molecular weight is 1160 g/mol. The molecule has 10 atom stereocenters. The lowest BCUT2D eigenvalue weighted by Gasteiger charge is -2.53. The summed E-state index contributed by atoms with van der Waals surface area (Å²) in [5.74, 6) is -5.74. The molecule has 3 fully saturated rings. The molecule has 81 heavy (non-hydrogen) atoms. The molecule has 0 spiro atoms. The summed E-state index contributed by atoms with van der Waals surface area (Å²) in [7, 11) is 0. The second kappa shape index (κ2) is 27.3. The number of ether oxygens (including phenoxy) is 1. The Morgan fingerprint density at radius 3 is 2.06 bits per heavy atom. The Labute approximate surface area is 468 Å². The molecule has 3 aliphatic carbocycles. The molecular weight excluding hydrogens is 1090 g/mol. The van der Waals surface area contributed by atoms with Crippen LogP contribution in [-0.2, 0) is 22.3 Å². The maximum Gasteiger partial charge on any atom is 0.453 e. The number of rotatable bonds is 19. The normalized spacial score (nSPS) is 25.0. The van der Waals surface area contributed by atoms with E-state index in [0.29, 0.717) is 57.3 Å². The summed E-state index contributed by atoms with van der Waals surface area (Å²) in [5.41, 5.74) is 10.1. The van der Waals surface area contributed by atoms with E-state index in [1.807, 2.05) is 36.4 Å². The number of aromatic nitrogens is 5. The van der Waals surface area contributed by atoms with Crippen LogP contribution in [0.25, 0.3) is 0 Å². The second-order valence-corrected chi connectivity index (χ2v) is 23.5. The Morgan fingerprint density at radius 1 is 0.877 bits per heavy atom. The van der Waals surface area contributed by atoms with Gasteiger partial charge >= 0.3 is 23.7 Å². The topological polar surface area (TPSA) is 252 Å².